The van der Waals surface area contributed by atoms with Crippen LogP contribution >= 0.6 is 0 Å². The van der Waals surface area contributed by atoms with Crippen molar-refractivity contribution in [2.24, 2.45) is 0 Å². The van der Waals surface area contributed by atoms with Crippen molar-refractivity contribution in [3.8, 4) is 0 Å². The molecule has 2 aromatic rings. The van der Waals surface area contributed by atoms with E-state index in [-0.39, 0.29) is 10.7 Å². The average molecular weight is 286 g/mol. The minimum absolute atomic E-state index is 0.0854. The van der Waals surface area contributed by atoms with Crippen LogP contribution in [-0.2, 0) is 9.84 Å². The first-order valence-corrected chi connectivity index (χ1v) is 7.93. The zero-order chi connectivity index (χ0) is 14.6. The summed E-state index contributed by atoms with van der Waals surface area (Å²) in [4.78, 5) is 12.1. The normalized spacial score (nSPS) is 11.7. The van der Waals surface area contributed by atoms with Gasteiger partial charge in [-0.15, -0.1) is 0 Å². The van der Waals surface area contributed by atoms with Crippen LogP contribution in [-0.4, -0.2) is 20.5 Å². The van der Waals surface area contributed by atoms with Crippen molar-refractivity contribution in [3.63, 3.8) is 0 Å². The number of carbonyl (C=O) groups excluding carboxylic acids is 1. The quantitative estimate of drug-likeness (QED) is 0.641. The molecule has 3 nitrogen and oxygen atoms in total. The van der Waals surface area contributed by atoms with E-state index < -0.39 is 9.84 Å². The van der Waals surface area contributed by atoms with Gasteiger partial charge in [-0.3, -0.25) is 4.79 Å². The smallest absolute Gasteiger partial charge is 0.185 e. The molecule has 0 heterocycles. The van der Waals surface area contributed by atoms with E-state index in [1.54, 1.807) is 30.3 Å². The zero-order valence-corrected chi connectivity index (χ0v) is 11.8. The molecule has 0 radical (unpaired) electrons. The van der Waals surface area contributed by atoms with E-state index in [0.717, 1.165) is 11.8 Å². The van der Waals surface area contributed by atoms with E-state index in [1.807, 2.05) is 18.2 Å². The summed E-state index contributed by atoms with van der Waals surface area (Å²) in [6.07, 6.45) is 4.31. The van der Waals surface area contributed by atoms with Gasteiger partial charge in [0.05, 0.1) is 4.90 Å². The van der Waals surface area contributed by atoms with Gasteiger partial charge in [-0.2, -0.15) is 0 Å². The van der Waals surface area contributed by atoms with Crippen LogP contribution in [0.1, 0.15) is 15.9 Å². The van der Waals surface area contributed by atoms with Crippen LogP contribution in [0.4, 0.5) is 0 Å². The molecule has 0 aliphatic rings. The largest absolute Gasteiger partial charge is 0.289 e. The summed E-state index contributed by atoms with van der Waals surface area (Å²) in [5.41, 5.74) is 1.40. The lowest BCUT2D eigenvalue weighted by Crippen LogP contribution is -1.96. The number of ketones is 1. The Balaban J connectivity index is 2.15. The molecule has 0 saturated carbocycles. The van der Waals surface area contributed by atoms with Gasteiger partial charge in [-0.25, -0.2) is 8.42 Å². The Labute approximate surface area is 118 Å². The fraction of sp³-hybridized carbons (Fsp3) is 0.0625. The number of benzene rings is 2. The minimum atomic E-state index is -3.18. The minimum Gasteiger partial charge on any atom is -0.289 e. The molecule has 4 heteroatoms. The Morgan fingerprint density at radius 2 is 1.55 bits per heavy atom. The molecule has 0 saturated heterocycles. The van der Waals surface area contributed by atoms with Gasteiger partial charge in [0, 0.05) is 11.8 Å². The van der Waals surface area contributed by atoms with Crippen molar-refractivity contribution in [2.75, 3.05) is 6.26 Å². The maximum atomic E-state index is 11.9. The molecule has 102 valence electrons. The van der Waals surface area contributed by atoms with Crippen molar-refractivity contribution in [3.05, 3.63) is 71.8 Å². The van der Waals surface area contributed by atoms with Gasteiger partial charge in [-0.05, 0) is 23.8 Å². The molecular formula is C16H14O3S. The predicted octanol–water partition coefficient (Wildman–Crippen LogP) is 2.99. The number of sulfone groups is 1. The van der Waals surface area contributed by atoms with E-state index in [2.05, 4.69) is 0 Å². The van der Waals surface area contributed by atoms with Crippen molar-refractivity contribution >= 4 is 21.7 Å². The molecule has 0 atom stereocenters. The molecule has 0 aliphatic heterocycles. The molecule has 2 aromatic carbocycles. The summed E-state index contributed by atoms with van der Waals surface area (Å²) in [5.74, 6) is -0.0854. The monoisotopic (exact) mass is 286 g/mol. The molecule has 20 heavy (non-hydrogen) atoms. The van der Waals surface area contributed by atoms with Gasteiger partial charge in [0.2, 0.25) is 0 Å². The molecule has 0 aromatic heterocycles. The summed E-state index contributed by atoms with van der Waals surface area (Å²) in [5, 5.41) is 0. The highest BCUT2D eigenvalue weighted by molar-refractivity contribution is 7.90. The summed E-state index contributed by atoms with van der Waals surface area (Å²) >= 11 is 0. The lowest BCUT2D eigenvalue weighted by atomic mass is 10.1. The number of hydrogen-bond acceptors (Lipinski definition) is 3. The first kappa shape index (κ1) is 14.2. The standard InChI is InChI=1S/C16H14O3S/c1-20(18,19)15-10-7-13(8-11-15)9-12-16(17)14-5-3-2-4-6-14/h2-12H,1H3. The first-order valence-electron chi connectivity index (χ1n) is 6.04. The topological polar surface area (TPSA) is 51.2 Å². The highest BCUT2D eigenvalue weighted by Gasteiger charge is 2.05. The molecular weight excluding hydrogens is 272 g/mol. The first-order chi connectivity index (χ1) is 9.47. The molecule has 2 rings (SSSR count). The van der Waals surface area contributed by atoms with E-state index in [9.17, 15) is 13.2 Å². The van der Waals surface area contributed by atoms with Crippen LogP contribution in [0.15, 0.2) is 65.6 Å². The summed E-state index contributed by atoms with van der Waals surface area (Å²) in [6, 6.07) is 15.4. The second kappa shape index (κ2) is 5.84. The Kier molecular flexibility index (Phi) is 4.15. The van der Waals surface area contributed by atoms with Gasteiger partial charge in [0.15, 0.2) is 15.6 Å². The maximum Gasteiger partial charge on any atom is 0.185 e. The van der Waals surface area contributed by atoms with E-state index in [0.29, 0.717) is 5.56 Å². The second-order valence-electron chi connectivity index (χ2n) is 4.40. The molecule has 0 unspecified atom stereocenters. The Morgan fingerprint density at radius 3 is 2.10 bits per heavy atom. The van der Waals surface area contributed by atoms with Gasteiger partial charge >= 0.3 is 0 Å². The van der Waals surface area contributed by atoms with E-state index in [1.165, 1.54) is 18.2 Å². The van der Waals surface area contributed by atoms with Gasteiger partial charge in [0.25, 0.3) is 0 Å². The van der Waals surface area contributed by atoms with Gasteiger partial charge in [-0.1, -0.05) is 48.5 Å². The molecule has 0 aliphatic carbocycles. The maximum absolute atomic E-state index is 11.9. The summed E-state index contributed by atoms with van der Waals surface area (Å²) in [7, 11) is -3.18. The van der Waals surface area contributed by atoms with Crippen LogP contribution < -0.4 is 0 Å². The Bertz CT molecular complexity index is 727. The van der Waals surface area contributed by atoms with Crippen molar-refractivity contribution < 1.29 is 13.2 Å². The number of hydrogen-bond donors (Lipinski definition) is 0. The van der Waals surface area contributed by atoms with Gasteiger partial charge in [0.1, 0.15) is 0 Å². The van der Waals surface area contributed by atoms with Crippen LogP contribution in [0.5, 0.6) is 0 Å². The molecule has 0 amide bonds. The van der Waals surface area contributed by atoms with Crippen LogP contribution in [0.3, 0.4) is 0 Å². The molecule has 0 bridgehead atoms. The fourth-order valence-electron chi connectivity index (χ4n) is 1.70. The third-order valence-corrected chi connectivity index (χ3v) is 3.92. The zero-order valence-electron chi connectivity index (χ0n) is 11.0. The highest BCUT2D eigenvalue weighted by Crippen LogP contribution is 2.12. The van der Waals surface area contributed by atoms with Crippen molar-refractivity contribution in [2.45, 2.75) is 4.90 Å². The lowest BCUT2D eigenvalue weighted by Gasteiger charge is -1.99. The van der Waals surface area contributed by atoms with Crippen molar-refractivity contribution in [1.82, 2.24) is 0 Å². The predicted molar refractivity (Wildman–Crippen MR) is 79.4 cm³/mol. The average Bonchev–Trinajstić information content (AvgIpc) is 2.45. The SMILES string of the molecule is CS(=O)(=O)c1ccc(C=CC(=O)c2ccccc2)cc1. The summed E-state index contributed by atoms with van der Waals surface area (Å²) in [6.45, 7) is 0. The van der Waals surface area contributed by atoms with E-state index in [4.69, 9.17) is 0 Å². The molecule has 0 spiro atoms. The molecule has 0 fully saturated rings. The number of carbonyl (C=O) groups is 1. The second-order valence-corrected chi connectivity index (χ2v) is 6.42. The Morgan fingerprint density at radius 1 is 0.950 bits per heavy atom. The highest BCUT2D eigenvalue weighted by atomic mass is 32.2. The lowest BCUT2D eigenvalue weighted by molar-refractivity contribution is 0.104. The number of allylic oxidation sites excluding steroid dienone is 1. The van der Waals surface area contributed by atoms with Crippen LogP contribution in [0.2, 0.25) is 0 Å². The number of rotatable bonds is 4. The summed E-state index contributed by atoms with van der Waals surface area (Å²) < 4.78 is 22.6. The van der Waals surface area contributed by atoms with Gasteiger partial charge < -0.3 is 0 Å². The third-order valence-electron chi connectivity index (χ3n) is 2.79. The molecule has 0 N–H and O–H groups in total. The Hall–Kier alpha value is -2.20. The third kappa shape index (κ3) is 3.65. The van der Waals surface area contributed by atoms with E-state index >= 15 is 0 Å². The van der Waals surface area contributed by atoms with Crippen LogP contribution in [0, 0.1) is 0 Å². The van der Waals surface area contributed by atoms with Crippen molar-refractivity contribution in [1.29, 1.82) is 0 Å². The van der Waals surface area contributed by atoms with Crippen LogP contribution in [0.25, 0.3) is 6.08 Å². The fourth-order valence-corrected chi connectivity index (χ4v) is 2.33.